The van der Waals surface area contributed by atoms with Crippen molar-refractivity contribution in [3.63, 3.8) is 0 Å². The SMILES string of the molecule is C1CCOC1.CN1C[CH-]CC1.[Na+]. The van der Waals surface area contributed by atoms with E-state index < -0.39 is 0 Å². The van der Waals surface area contributed by atoms with E-state index in [0.29, 0.717) is 0 Å². The van der Waals surface area contributed by atoms with Gasteiger partial charge in [0.1, 0.15) is 0 Å². The Morgan fingerprint density at radius 1 is 1.25 bits per heavy atom. The van der Waals surface area contributed by atoms with Gasteiger partial charge in [-0.1, -0.05) is 0 Å². The third kappa shape index (κ3) is 6.44. The molecule has 2 heterocycles. The minimum absolute atomic E-state index is 0. The van der Waals surface area contributed by atoms with Crippen LogP contribution < -0.4 is 29.6 Å². The molecule has 0 bridgehead atoms. The molecule has 2 rings (SSSR count). The van der Waals surface area contributed by atoms with Crippen molar-refractivity contribution in [2.45, 2.75) is 19.3 Å². The molecule has 0 saturated carbocycles. The van der Waals surface area contributed by atoms with E-state index in [1.807, 2.05) is 0 Å². The minimum atomic E-state index is 0. The van der Waals surface area contributed by atoms with Crippen molar-refractivity contribution in [2.75, 3.05) is 33.4 Å². The summed E-state index contributed by atoms with van der Waals surface area (Å²) in [5, 5.41) is 0. The van der Waals surface area contributed by atoms with Crippen LogP contribution in [0.15, 0.2) is 0 Å². The molecule has 0 radical (unpaired) electrons. The smallest absolute Gasteiger partial charge is 0.381 e. The number of hydrogen-bond acceptors (Lipinski definition) is 2. The Bertz CT molecular complexity index is 82.9. The molecule has 0 unspecified atom stereocenters. The van der Waals surface area contributed by atoms with Gasteiger partial charge in [-0.2, -0.15) is 6.42 Å². The van der Waals surface area contributed by atoms with Crippen molar-refractivity contribution in [3.05, 3.63) is 6.42 Å². The Hall–Kier alpha value is 0.920. The van der Waals surface area contributed by atoms with Crippen LogP contribution in [0.25, 0.3) is 0 Å². The summed E-state index contributed by atoms with van der Waals surface area (Å²) in [5.41, 5.74) is 0. The summed E-state index contributed by atoms with van der Waals surface area (Å²) in [6.45, 7) is 4.46. The maximum atomic E-state index is 4.94. The Morgan fingerprint density at radius 2 is 1.92 bits per heavy atom. The van der Waals surface area contributed by atoms with Crippen molar-refractivity contribution < 1.29 is 34.3 Å². The van der Waals surface area contributed by atoms with E-state index in [4.69, 9.17) is 4.74 Å². The van der Waals surface area contributed by atoms with Crippen LogP contribution in [0, 0.1) is 6.42 Å². The maximum Gasteiger partial charge on any atom is 1.00 e. The summed E-state index contributed by atoms with van der Waals surface area (Å²) < 4.78 is 4.94. The Balaban J connectivity index is 0.000000189. The van der Waals surface area contributed by atoms with E-state index in [1.165, 1.54) is 32.4 Å². The first kappa shape index (κ1) is 12.9. The Morgan fingerprint density at radius 3 is 2.08 bits per heavy atom. The quantitative estimate of drug-likeness (QED) is 0.325. The van der Waals surface area contributed by atoms with Gasteiger partial charge >= 0.3 is 29.6 Å². The van der Waals surface area contributed by atoms with Crippen molar-refractivity contribution in [2.24, 2.45) is 0 Å². The molecule has 2 fully saturated rings. The number of likely N-dealkylation sites (tertiary alicyclic amines) is 1. The van der Waals surface area contributed by atoms with E-state index in [0.717, 1.165) is 13.2 Å². The summed E-state index contributed by atoms with van der Waals surface area (Å²) in [7, 11) is 2.14. The summed E-state index contributed by atoms with van der Waals surface area (Å²) >= 11 is 0. The van der Waals surface area contributed by atoms with E-state index >= 15 is 0 Å². The molecule has 0 aromatic carbocycles. The molecule has 3 heteroatoms. The first-order chi connectivity index (χ1) is 5.39. The molecule has 0 amide bonds. The normalized spacial score (nSPS) is 22.8. The Kier molecular flexibility index (Phi) is 9.17. The van der Waals surface area contributed by atoms with Crippen molar-refractivity contribution in [1.82, 2.24) is 4.90 Å². The largest absolute Gasteiger partial charge is 1.00 e. The van der Waals surface area contributed by atoms with E-state index in [1.54, 1.807) is 0 Å². The molecule has 0 N–H and O–H groups in total. The van der Waals surface area contributed by atoms with Gasteiger partial charge in [-0.3, -0.25) is 0 Å². The van der Waals surface area contributed by atoms with Crippen LogP contribution in [0.3, 0.4) is 0 Å². The molecule has 2 aliphatic heterocycles. The van der Waals surface area contributed by atoms with Crippen LogP contribution in [0.4, 0.5) is 0 Å². The average Bonchev–Trinajstić information content (AvgIpc) is 2.57. The van der Waals surface area contributed by atoms with Crippen LogP contribution in [0.5, 0.6) is 0 Å². The summed E-state index contributed by atoms with van der Waals surface area (Å²) in [5.74, 6) is 0. The second kappa shape index (κ2) is 8.52. The molecule has 0 atom stereocenters. The third-order valence-corrected chi connectivity index (χ3v) is 1.98. The molecule has 0 spiro atoms. The van der Waals surface area contributed by atoms with Gasteiger partial charge in [-0.15, -0.1) is 6.54 Å². The number of rotatable bonds is 0. The third-order valence-electron chi connectivity index (χ3n) is 1.98. The maximum absolute atomic E-state index is 4.94. The van der Waals surface area contributed by atoms with Crippen LogP contribution >= 0.6 is 0 Å². The number of nitrogens with zero attached hydrogens (tertiary/aromatic N) is 1. The van der Waals surface area contributed by atoms with Crippen LogP contribution in [0.2, 0.25) is 0 Å². The standard InChI is InChI=1S/C5H10N.C4H8O.Na/c1-6-4-2-3-5-6;1-2-4-5-3-1;/h2H,3-5H2,1H3;1-4H2;/q-1;;+1. The van der Waals surface area contributed by atoms with Gasteiger partial charge in [0.25, 0.3) is 0 Å². The van der Waals surface area contributed by atoms with Gasteiger partial charge in [-0.25, -0.2) is 0 Å². The topological polar surface area (TPSA) is 12.5 Å². The molecule has 12 heavy (non-hydrogen) atoms. The molecule has 2 aliphatic rings. The number of ether oxygens (including phenoxy) is 1. The monoisotopic (exact) mass is 179 g/mol. The fourth-order valence-corrected chi connectivity index (χ4v) is 1.22. The second-order valence-corrected chi connectivity index (χ2v) is 3.16. The summed E-state index contributed by atoms with van der Waals surface area (Å²) in [6.07, 6.45) is 6.15. The van der Waals surface area contributed by atoms with Crippen LogP contribution in [-0.2, 0) is 4.74 Å². The zero-order chi connectivity index (χ0) is 7.94. The van der Waals surface area contributed by atoms with Crippen LogP contribution in [-0.4, -0.2) is 38.3 Å². The first-order valence-electron chi connectivity index (χ1n) is 4.47. The fraction of sp³-hybridized carbons (Fsp3) is 0.889. The van der Waals surface area contributed by atoms with Crippen molar-refractivity contribution in [3.8, 4) is 0 Å². The van der Waals surface area contributed by atoms with Gasteiger partial charge in [-0.05, 0) is 26.4 Å². The fourth-order valence-electron chi connectivity index (χ4n) is 1.22. The zero-order valence-electron chi connectivity index (χ0n) is 8.38. The minimum Gasteiger partial charge on any atom is -0.381 e. The van der Waals surface area contributed by atoms with E-state index in [-0.39, 0.29) is 29.6 Å². The molecule has 66 valence electrons. The van der Waals surface area contributed by atoms with Crippen LogP contribution in [0.1, 0.15) is 19.3 Å². The van der Waals surface area contributed by atoms with Gasteiger partial charge in [0.05, 0.1) is 0 Å². The van der Waals surface area contributed by atoms with E-state index in [9.17, 15) is 0 Å². The van der Waals surface area contributed by atoms with Crippen molar-refractivity contribution >= 4 is 0 Å². The predicted molar refractivity (Wildman–Crippen MR) is 46.5 cm³/mol. The van der Waals surface area contributed by atoms with Gasteiger partial charge in [0, 0.05) is 13.2 Å². The molecule has 2 nitrogen and oxygen atoms in total. The average molecular weight is 179 g/mol. The Labute approximate surface area is 97.9 Å². The number of hydrogen-bond donors (Lipinski definition) is 0. The van der Waals surface area contributed by atoms with Gasteiger partial charge < -0.3 is 16.1 Å². The van der Waals surface area contributed by atoms with Crippen molar-refractivity contribution in [1.29, 1.82) is 0 Å². The molecule has 0 aromatic heterocycles. The zero-order valence-corrected chi connectivity index (χ0v) is 10.4. The molecule has 0 aromatic rings. The molecule has 0 aliphatic carbocycles. The molecular formula is C9H18NNaO. The second-order valence-electron chi connectivity index (χ2n) is 3.16. The molecular weight excluding hydrogens is 161 g/mol. The van der Waals surface area contributed by atoms with Gasteiger partial charge in [0.15, 0.2) is 0 Å². The van der Waals surface area contributed by atoms with E-state index in [2.05, 4.69) is 18.4 Å². The van der Waals surface area contributed by atoms with Gasteiger partial charge in [0.2, 0.25) is 0 Å². The summed E-state index contributed by atoms with van der Waals surface area (Å²) in [4.78, 5) is 2.31. The molecule has 2 saturated heterocycles. The summed E-state index contributed by atoms with van der Waals surface area (Å²) in [6, 6.07) is 0. The predicted octanol–water partition coefficient (Wildman–Crippen LogP) is -1.67. The first-order valence-corrected chi connectivity index (χ1v) is 4.47.